The van der Waals surface area contributed by atoms with Crippen molar-refractivity contribution in [1.29, 1.82) is 0 Å². The van der Waals surface area contributed by atoms with Gasteiger partial charge in [0.1, 0.15) is 0 Å². The van der Waals surface area contributed by atoms with E-state index in [1.54, 1.807) is 18.0 Å². The number of aromatic nitrogens is 1. The van der Waals surface area contributed by atoms with Crippen LogP contribution in [0.4, 0.5) is 6.01 Å². The zero-order valence-electron chi connectivity index (χ0n) is 7.73. The van der Waals surface area contributed by atoms with Crippen LogP contribution in [0.5, 0.6) is 0 Å². The number of hydrogen-bond acceptors (Lipinski definition) is 4. The SMILES string of the molecule is CSc1ccc(-c2cnc(N)o2)cc1. The van der Waals surface area contributed by atoms with Gasteiger partial charge in [-0.2, -0.15) is 0 Å². The van der Waals surface area contributed by atoms with Crippen LogP contribution in [0.15, 0.2) is 39.8 Å². The Labute approximate surface area is 86.3 Å². The van der Waals surface area contributed by atoms with Crippen LogP contribution < -0.4 is 5.73 Å². The number of nitrogen functional groups attached to an aromatic ring is 1. The number of oxazole rings is 1. The van der Waals surface area contributed by atoms with Gasteiger partial charge in [0.2, 0.25) is 0 Å². The lowest BCUT2D eigenvalue weighted by atomic mass is 10.2. The Balaban J connectivity index is 2.33. The first-order chi connectivity index (χ1) is 6.79. The van der Waals surface area contributed by atoms with Crippen molar-refractivity contribution in [1.82, 2.24) is 4.98 Å². The van der Waals surface area contributed by atoms with Gasteiger partial charge in [0.25, 0.3) is 6.01 Å². The Bertz CT molecular complexity index is 422. The van der Waals surface area contributed by atoms with E-state index in [-0.39, 0.29) is 6.01 Å². The quantitative estimate of drug-likeness (QED) is 0.767. The van der Waals surface area contributed by atoms with Gasteiger partial charge in [-0.25, -0.2) is 4.98 Å². The molecule has 2 aromatic rings. The van der Waals surface area contributed by atoms with Crippen molar-refractivity contribution < 1.29 is 4.42 Å². The van der Waals surface area contributed by atoms with Crippen LogP contribution in [0.2, 0.25) is 0 Å². The minimum absolute atomic E-state index is 0.203. The lowest BCUT2D eigenvalue weighted by Crippen LogP contribution is -1.80. The van der Waals surface area contributed by atoms with Gasteiger partial charge >= 0.3 is 0 Å². The van der Waals surface area contributed by atoms with Gasteiger partial charge in [-0.3, -0.25) is 0 Å². The van der Waals surface area contributed by atoms with E-state index < -0.39 is 0 Å². The molecule has 0 saturated carbocycles. The molecule has 0 aliphatic carbocycles. The summed E-state index contributed by atoms with van der Waals surface area (Å²) in [5, 5.41) is 0. The van der Waals surface area contributed by atoms with Crippen LogP contribution in [0.1, 0.15) is 0 Å². The predicted molar refractivity (Wildman–Crippen MR) is 58.1 cm³/mol. The normalized spacial score (nSPS) is 10.4. The lowest BCUT2D eigenvalue weighted by Gasteiger charge is -1.97. The third-order valence-corrected chi connectivity index (χ3v) is 2.64. The van der Waals surface area contributed by atoms with Crippen LogP contribution in [0, 0.1) is 0 Å². The third kappa shape index (κ3) is 1.75. The fraction of sp³-hybridized carbons (Fsp3) is 0.100. The molecule has 14 heavy (non-hydrogen) atoms. The minimum Gasteiger partial charge on any atom is -0.424 e. The maximum absolute atomic E-state index is 5.39. The van der Waals surface area contributed by atoms with Crippen LogP contribution in [-0.4, -0.2) is 11.2 Å². The van der Waals surface area contributed by atoms with Crippen molar-refractivity contribution in [3.05, 3.63) is 30.5 Å². The van der Waals surface area contributed by atoms with E-state index in [2.05, 4.69) is 4.98 Å². The molecule has 0 bridgehead atoms. The molecule has 0 aliphatic rings. The van der Waals surface area contributed by atoms with Gasteiger partial charge in [-0.15, -0.1) is 11.8 Å². The Morgan fingerprint density at radius 1 is 1.29 bits per heavy atom. The standard InChI is InChI=1S/C10H10N2OS/c1-14-8-4-2-7(3-5-8)9-6-12-10(11)13-9/h2-6H,1H3,(H2,11,12). The van der Waals surface area contributed by atoms with E-state index in [1.807, 2.05) is 30.5 Å². The number of benzene rings is 1. The summed E-state index contributed by atoms with van der Waals surface area (Å²) in [4.78, 5) is 5.06. The summed E-state index contributed by atoms with van der Waals surface area (Å²) in [5.74, 6) is 0.704. The van der Waals surface area contributed by atoms with Crippen LogP contribution in [0.3, 0.4) is 0 Å². The summed E-state index contributed by atoms with van der Waals surface area (Å²) in [6, 6.07) is 8.27. The monoisotopic (exact) mass is 206 g/mol. The first kappa shape index (κ1) is 9.15. The molecule has 2 N–H and O–H groups in total. The van der Waals surface area contributed by atoms with E-state index in [0.29, 0.717) is 5.76 Å². The van der Waals surface area contributed by atoms with E-state index >= 15 is 0 Å². The summed E-state index contributed by atoms with van der Waals surface area (Å²) in [7, 11) is 0. The molecule has 4 heteroatoms. The smallest absolute Gasteiger partial charge is 0.292 e. The highest BCUT2D eigenvalue weighted by Gasteiger charge is 2.03. The van der Waals surface area contributed by atoms with Gasteiger partial charge in [0, 0.05) is 10.5 Å². The maximum atomic E-state index is 5.39. The molecule has 0 unspecified atom stereocenters. The van der Waals surface area contributed by atoms with Crippen LogP contribution >= 0.6 is 11.8 Å². The van der Waals surface area contributed by atoms with Crippen LogP contribution in [0.25, 0.3) is 11.3 Å². The number of anilines is 1. The highest BCUT2D eigenvalue weighted by molar-refractivity contribution is 7.98. The van der Waals surface area contributed by atoms with Crippen molar-refractivity contribution in [2.24, 2.45) is 0 Å². The van der Waals surface area contributed by atoms with E-state index in [4.69, 9.17) is 10.2 Å². The Morgan fingerprint density at radius 3 is 2.50 bits per heavy atom. The van der Waals surface area contributed by atoms with Gasteiger partial charge in [-0.1, -0.05) is 12.1 Å². The Hall–Kier alpha value is -1.42. The minimum atomic E-state index is 0.203. The fourth-order valence-corrected chi connectivity index (χ4v) is 1.58. The van der Waals surface area contributed by atoms with E-state index in [9.17, 15) is 0 Å². The number of thioether (sulfide) groups is 1. The van der Waals surface area contributed by atoms with Crippen molar-refractivity contribution in [3.8, 4) is 11.3 Å². The van der Waals surface area contributed by atoms with Crippen molar-refractivity contribution >= 4 is 17.8 Å². The first-order valence-corrected chi connectivity index (χ1v) is 5.38. The molecule has 1 aromatic heterocycles. The van der Waals surface area contributed by atoms with Gasteiger partial charge in [-0.05, 0) is 18.4 Å². The fourth-order valence-electron chi connectivity index (χ4n) is 1.18. The summed E-state index contributed by atoms with van der Waals surface area (Å²) < 4.78 is 5.20. The average molecular weight is 206 g/mol. The molecule has 1 aromatic carbocycles. The maximum Gasteiger partial charge on any atom is 0.292 e. The number of nitrogens with two attached hydrogens (primary N) is 1. The Kier molecular flexibility index (Phi) is 2.45. The highest BCUT2D eigenvalue weighted by Crippen LogP contribution is 2.23. The van der Waals surface area contributed by atoms with Gasteiger partial charge in [0.05, 0.1) is 6.20 Å². The molecule has 0 amide bonds. The molecule has 72 valence electrons. The second-order valence-electron chi connectivity index (χ2n) is 2.79. The summed E-state index contributed by atoms with van der Waals surface area (Å²) in [5.41, 5.74) is 6.38. The van der Waals surface area contributed by atoms with Crippen molar-refractivity contribution in [3.63, 3.8) is 0 Å². The molecule has 0 saturated heterocycles. The third-order valence-electron chi connectivity index (χ3n) is 1.90. The number of nitrogens with zero attached hydrogens (tertiary/aromatic N) is 1. The number of hydrogen-bond donors (Lipinski definition) is 1. The molecule has 0 spiro atoms. The molecular formula is C10H10N2OS. The first-order valence-electron chi connectivity index (χ1n) is 4.15. The summed E-state index contributed by atoms with van der Waals surface area (Å²) >= 11 is 1.71. The van der Waals surface area contributed by atoms with Gasteiger partial charge in [0.15, 0.2) is 5.76 Å². The molecule has 3 nitrogen and oxygen atoms in total. The largest absolute Gasteiger partial charge is 0.424 e. The summed E-state index contributed by atoms with van der Waals surface area (Å²) in [6.07, 6.45) is 3.67. The highest BCUT2D eigenvalue weighted by atomic mass is 32.2. The molecule has 2 rings (SSSR count). The second-order valence-corrected chi connectivity index (χ2v) is 3.67. The predicted octanol–water partition coefficient (Wildman–Crippen LogP) is 2.65. The van der Waals surface area contributed by atoms with Crippen molar-refractivity contribution in [2.45, 2.75) is 4.90 Å². The topological polar surface area (TPSA) is 52.0 Å². The molecule has 0 radical (unpaired) electrons. The lowest BCUT2D eigenvalue weighted by molar-refractivity contribution is 0.595. The van der Waals surface area contributed by atoms with E-state index in [1.165, 1.54) is 4.90 Å². The molecule has 0 aliphatic heterocycles. The molecular weight excluding hydrogens is 196 g/mol. The average Bonchev–Trinajstić information content (AvgIpc) is 2.65. The van der Waals surface area contributed by atoms with Crippen molar-refractivity contribution in [2.75, 3.05) is 12.0 Å². The zero-order valence-corrected chi connectivity index (χ0v) is 8.54. The summed E-state index contributed by atoms with van der Waals surface area (Å²) in [6.45, 7) is 0. The molecule has 1 heterocycles. The zero-order chi connectivity index (χ0) is 9.97. The molecule has 0 atom stereocenters. The van der Waals surface area contributed by atoms with Gasteiger partial charge < -0.3 is 10.2 Å². The second kappa shape index (κ2) is 3.75. The van der Waals surface area contributed by atoms with Crippen LogP contribution in [-0.2, 0) is 0 Å². The van der Waals surface area contributed by atoms with E-state index in [0.717, 1.165) is 5.56 Å². The Morgan fingerprint density at radius 2 is 2.00 bits per heavy atom. The molecule has 0 fully saturated rings. The number of rotatable bonds is 2.